The van der Waals surface area contributed by atoms with Crippen molar-refractivity contribution in [3.63, 3.8) is 0 Å². The maximum absolute atomic E-state index is 12.5. The fourth-order valence-electron chi connectivity index (χ4n) is 3.09. The molecule has 2 N–H and O–H groups in total. The molecule has 3 rings (SSSR count). The second-order valence-electron chi connectivity index (χ2n) is 6.96. The van der Waals surface area contributed by atoms with Crippen LogP contribution in [0.2, 0.25) is 0 Å². The quantitative estimate of drug-likeness (QED) is 0.456. The highest BCUT2D eigenvalue weighted by Crippen LogP contribution is 2.33. The van der Waals surface area contributed by atoms with E-state index in [1.54, 1.807) is 38.1 Å². The first kappa shape index (κ1) is 24.6. The van der Waals surface area contributed by atoms with Crippen molar-refractivity contribution < 1.29 is 28.7 Å². The van der Waals surface area contributed by atoms with Crippen LogP contribution in [0.5, 0.6) is 0 Å². The number of hydrogen-bond donors (Lipinski definition) is 2. The molecule has 12 heteroatoms. The number of fused-ring (bicyclic) bond motifs is 1. The van der Waals surface area contributed by atoms with Crippen molar-refractivity contribution in [3.05, 3.63) is 57.0 Å². The highest BCUT2D eigenvalue weighted by atomic mass is 32.1. The molecule has 1 aromatic carbocycles. The lowest BCUT2D eigenvalue weighted by molar-refractivity contribution is -0.147. The number of thiophene rings is 1. The standard InChI is InChI=1S/C22H22N4O7S/c1-4-32-22(31)17-12(2)18(19(29)23-3)34-20(17)25-15(27)10-33-16(28)9-26-11-24-14-8-6-5-7-13(14)21(26)30/h5-8,11H,4,9-10H2,1-3H3,(H,23,29)(H,25,27). The predicted molar refractivity (Wildman–Crippen MR) is 124 cm³/mol. The van der Waals surface area contributed by atoms with Gasteiger partial charge in [0.25, 0.3) is 17.4 Å². The lowest BCUT2D eigenvalue weighted by Crippen LogP contribution is -2.28. The van der Waals surface area contributed by atoms with E-state index in [1.807, 2.05) is 0 Å². The number of ether oxygens (including phenoxy) is 2. The summed E-state index contributed by atoms with van der Waals surface area (Å²) in [7, 11) is 1.44. The van der Waals surface area contributed by atoms with E-state index in [2.05, 4.69) is 15.6 Å². The number of aromatic nitrogens is 2. The summed E-state index contributed by atoms with van der Waals surface area (Å²) in [5.74, 6) is -2.67. The molecule has 0 aliphatic heterocycles. The van der Waals surface area contributed by atoms with E-state index in [9.17, 15) is 24.0 Å². The molecule has 0 fully saturated rings. The first-order valence-corrected chi connectivity index (χ1v) is 11.0. The van der Waals surface area contributed by atoms with Crippen molar-refractivity contribution >= 4 is 51.0 Å². The summed E-state index contributed by atoms with van der Waals surface area (Å²) in [4.78, 5) is 65.9. The summed E-state index contributed by atoms with van der Waals surface area (Å²) < 4.78 is 11.1. The minimum absolute atomic E-state index is 0.0546. The van der Waals surface area contributed by atoms with Gasteiger partial charge in [-0.1, -0.05) is 12.1 Å². The molecule has 0 bridgehead atoms. The van der Waals surface area contributed by atoms with Gasteiger partial charge >= 0.3 is 11.9 Å². The number of para-hydroxylation sites is 1. The maximum Gasteiger partial charge on any atom is 0.341 e. The topological polar surface area (TPSA) is 146 Å². The molecule has 0 atom stereocenters. The van der Waals surface area contributed by atoms with Gasteiger partial charge < -0.3 is 20.1 Å². The van der Waals surface area contributed by atoms with E-state index in [0.717, 1.165) is 15.9 Å². The normalized spacial score (nSPS) is 10.6. The van der Waals surface area contributed by atoms with Gasteiger partial charge in [-0.25, -0.2) is 9.78 Å². The summed E-state index contributed by atoms with van der Waals surface area (Å²) in [5, 5.41) is 5.41. The fourth-order valence-corrected chi connectivity index (χ4v) is 4.25. The van der Waals surface area contributed by atoms with Crippen LogP contribution in [0.25, 0.3) is 10.9 Å². The molecule has 0 unspecified atom stereocenters. The van der Waals surface area contributed by atoms with Crippen molar-refractivity contribution in [2.75, 3.05) is 25.6 Å². The van der Waals surface area contributed by atoms with E-state index < -0.39 is 42.5 Å². The number of hydrogen-bond acceptors (Lipinski definition) is 9. The van der Waals surface area contributed by atoms with Gasteiger partial charge in [-0.3, -0.25) is 23.7 Å². The van der Waals surface area contributed by atoms with Crippen LogP contribution in [0.4, 0.5) is 5.00 Å². The van der Waals surface area contributed by atoms with Gasteiger partial charge in [0, 0.05) is 7.05 Å². The van der Waals surface area contributed by atoms with Crippen molar-refractivity contribution in [2.24, 2.45) is 0 Å². The highest BCUT2D eigenvalue weighted by Gasteiger charge is 2.26. The molecule has 0 aliphatic rings. The van der Waals surface area contributed by atoms with Crippen LogP contribution in [0.15, 0.2) is 35.4 Å². The third-order valence-electron chi connectivity index (χ3n) is 4.71. The van der Waals surface area contributed by atoms with Gasteiger partial charge in [-0.2, -0.15) is 0 Å². The number of benzene rings is 1. The Labute approximate surface area is 197 Å². The molecule has 0 saturated heterocycles. The minimum atomic E-state index is -0.826. The summed E-state index contributed by atoms with van der Waals surface area (Å²) >= 11 is 0.902. The van der Waals surface area contributed by atoms with Crippen LogP contribution >= 0.6 is 11.3 Å². The fraction of sp³-hybridized carbons (Fsp3) is 0.273. The number of carbonyl (C=O) groups excluding carboxylic acids is 4. The third kappa shape index (κ3) is 5.29. The minimum Gasteiger partial charge on any atom is -0.462 e. The number of anilines is 1. The zero-order chi connectivity index (χ0) is 24.8. The van der Waals surface area contributed by atoms with Gasteiger partial charge in [0.15, 0.2) is 6.61 Å². The number of amides is 2. The number of nitrogens with one attached hydrogen (secondary N) is 2. The average Bonchev–Trinajstić information content (AvgIpc) is 3.15. The largest absolute Gasteiger partial charge is 0.462 e. The van der Waals surface area contributed by atoms with Gasteiger partial charge in [0.05, 0.1) is 34.3 Å². The van der Waals surface area contributed by atoms with Crippen molar-refractivity contribution in [2.45, 2.75) is 20.4 Å². The molecule has 34 heavy (non-hydrogen) atoms. The zero-order valence-electron chi connectivity index (χ0n) is 18.7. The summed E-state index contributed by atoms with van der Waals surface area (Å²) in [6.45, 7) is 2.21. The third-order valence-corrected chi connectivity index (χ3v) is 5.91. The number of esters is 2. The van der Waals surface area contributed by atoms with Crippen LogP contribution in [-0.4, -0.2) is 53.6 Å². The van der Waals surface area contributed by atoms with Crippen molar-refractivity contribution in [3.8, 4) is 0 Å². The van der Waals surface area contributed by atoms with Gasteiger partial charge in [0.2, 0.25) is 0 Å². The molecule has 178 valence electrons. The second kappa shape index (κ2) is 10.7. The predicted octanol–water partition coefficient (Wildman–Crippen LogP) is 1.48. The van der Waals surface area contributed by atoms with Crippen LogP contribution in [0, 0.1) is 6.92 Å². The Morgan fingerprint density at radius 1 is 1.15 bits per heavy atom. The number of rotatable bonds is 8. The molecule has 3 aromatic rings. The molecule has 2 amide bonds. The van der Waals surface area contributed by atoms with Crippen molar-refractivity contribution in [1.29, 1.82) is 0 Å². The molecule has 11 nitrogen and oxygen atoms in total. The van der Waals surface area contributed by atoms with Gasteiger partial charge in [0.1, 0.15) is 11.5 Å². The zero-order valence-corrected chi connectivity index (χ0v) is 19.5. The Hall–Kier alpha value is -4.06. The molecule has 2 aromatic heterocycles. The van der Waals surface area contributed by atoms with Crippen LogP contribution < -0.4 is 16.2 Å². The van der Waals surface area contributed by atoms with E-state index in [-0.39, 0.29) is 22.0 Å². The lowest BCUT2D eigenvalue weighted by Gasteiger charge is -2.09. The lowest BCUT2D eigenvalue weighted by atomic mass is 10.1. The van der Waals surface area contributed by atoms with E-state index >= 15 is 0 Å². The Morgan fingerprint density at radius 2 is 1.88 bits per heavy atom. The Bertz CT molecular complexity index is 1330. The Kier molecular flexibility index (Phi) is 7.74. The first-order chi connectivity index (χ1) is 16.3. The van der Waals surface area contributed by atoms with Gasteiger partial charge in [-0.15, -0.1) is 11.3 Å². The van der Waals surface area contributed by atoms with Crippen LogP contribution in [-0.2, 0) is 25.6 Å². The molecular formula is C22H22N4O7S. The molecule has 0 radical (unpaired) electrons. The summed E-state index contributed by atoms with van der Waals surface area (Å²) in [5.41, 5.74) is 0.496. The Balaban J connectivity index is 1.68. The highest BCUT2D eigenvalue weighted by molar-refractivity contribution is 7.18. The molecule has 0 aliphatic carbocycles. The maximum atomic E-state index is 12.5. The first-order valence-electron chi connectivity index (χ1n) is 10.2. The SMILES string of the molecule is CCOC(=O)c1c(NC(=O)COC(=O)Cn2cnc3ccccc3c2=O)sc(C(=O)NC)c1C. The van der Waals surface area contributed by atoms with Crippen LogP contribution in [0.3, 0.4) is 0 Å². The number of carbonyl (C=O) groups is 4. The summed E-state index contributed by atoms with van der Waals surface area (Å²) in [6, 6.07) is 6.70. The molecule has 2 heterocycles. The van der Waals surface area contributed by atoms with Crippen LogP contribution in [0.1, 0.15) is 32.5 Å². The monoisotopic (exact) mass is 486 g/mol. The molecular weight excluding hydrogens is 464 g/mol. The second-order valence-corrected chi connectivity index (χ2v) is 7.98. The molecule has 0 saturated carbocycles. The van der Waals surface area contributed by atoms with E-state index in [0.29, 0.717) is 16.5 Å². The summed E-state index contributed by atoms with van der Waals surface area (Å²) in [6.07, 6.45) is 1.23. The average molecular weight is 487 g/mol. The van der Waals surface area contributed by atoms with E-state index in [4.69, 9.17) is 9.47 Å². The Morgan fingerprint density at radius 3 is 2.59 bits per heavy atom. The van der Waals surface area contributed by atoms with E-state index in [1.165, 1.54) is 13.4 Å². The number of nitrogens with zero attached hydrogens (tertiary/aromatic N) is 2. The van der Waals surface area contributed by atoms with Crippen molar-refractivity contribution in [1.82, 2.24) is 14.9 Å². The van der Waals surface area contributed by atoms with Gasteiger partial charge in [-0.05, 0) is 31.5 Å². The smallest absolute Gasteiger partial charge is 0.341 e. The molecule has 0 spiro atoms.